The second kappa shape index (κ2) is 8.83. The Hall–Kier alpha value is -3.26. The zero-order valence-corrected chi connectivity index (χ0v) is 16.1. The van der Waals surface area contributed by atoms with Gasteiger partial charge in [-0.1, -0.05) is 36.4 Å². The van der Waals surface area contributed by atoms with Crippen LogP contribution in [0, 0.1) is 0 Å². The van der Waals surface area contributed by atoms with Gasteiger partial charge >= 0.3 is 6.18 Å². The predicted octanol–water partition coefficient (Wildman–Crippen LogP) is 6.14. The van der Waals surface area contributed by atoms with Crippen molar-refractivity contribution in [3.63, 3.8) is 0 Å². The van der Waals surface area contributed by atoms with Crippen molar-refractivity contribution in [2.75, 3.05) is 5.43 Å². The number of carbonyl (C=O) groups excluding carboxylic acids is 1. The first-order valence-corrected chi connectivity index (χ1v) is 9.41. The molecule has 0 aliphatic heterocycles. The van der Waals surface area contributed by atoms with Crippen LogP contribution in [-0.4, -0.2) is 17.0 Å². The lowest BCUT2D eigenvalue weighted by Gasteiger charge is -2.06. The van der Waals surface area contributed by atoms with Crippen LogP contribution in [0.3, 0.4) is 0 Å². The summed E-state index contributed by atoms with van der Waals surface area (Å²) >= 11 is 1.29. The predicted molar refractivity (Wildman–Crippen MR) is 110 cm³/mol. The van der Waals surface area contributed by atoms with Crippen molar-refractivity contribution in [2.45, 2.75) is 13.1 Å². The fraction of sp³-hybridized carbons (Fsp3) is 0.0952. The highest BCUT2D eigenvalue weighted by molar-refractivity contribution is 7.14. The van der Waals surface area contributed by atoms with E-state index in [-0.39, 0.29) is 5.78 Å². The van der Waals surface area contributed by atoms with Crippen LogP contribution in [0.1, 0.15) is 28.4 Å². The topological polar surface area (TPSA) is 54.4 Å². The summed E-state index contributed by atoms with van der Waals surface area (Å²) in [5, 5.41) is 6.29. The van der Waals surface area contributed by atoms with Gasteiger partial charge in [0.2, 0.25) is 5.13 Å². The van der Waals surface area contributed by atoms with Gasteiger partial charge in [-0.25, -0.2) is 4.98 Å². The van der Waals surface area contributed by atoms with Crippen LogP contribution in [0.4, 0.5) is 18.3 Å². The first-order chi connectivity index (χ1) is 13.8. The maximum Gasteiger partial charge on any atom is 0.416 e. The van der Waals surface area contributed by atoms with Gasteiger partial charge in [-0.05, 0) is 36.8 Å². The molecular weight excluding hydrogens is 399 g/mol. The Kier molecular flexibility index (Phi) is 6.23. The molecule has 0 spiro atoms. The van der Waals surface area contributed by atoms with E-state index in [1.165, 1.54) is 30.4 Å². The molecule has 29 heavy (non-hydrogen) atoms. The summed E-state index contributed by atoms with van der Waals surface area (Å²) in [7, 11) is 0. The molecule has 0 fully saturated rings. The minimum Gasteiger partial charge on any atom is -0.295 e. The maximum atomic E-state index is 12.6. The van der Waals surface area contributed by atoms with Gasteiger partial charge in [0, 0.05) is 22.7 Å². The Morgan fingerprint density at radius 3 is 2.62 bits per heavy atom. The normalized spacial score (nSPS) is 12.0. The third-order valence-electron chi connectivity index (χ3n) is 3.91. The zero-order valence-electron chi connectivity index (χ0n) is 15.3. The molecule has 0 aliphatic carbocycles. The average Bonchev–Trinajstić information content (AvgIpc) is 3.16. The highest BCUT2D eigenvalue weighted by Crippen LogP contribution is 2.31. The van der Waals surface area contributed by atoms with Crippen molar-refractivity contribution in [2.24, 2.45) is 5.10 Å². The smallest absolute Gasteiger partial charge is 0.295 e. The van der Waals surface area contributed by atoms with Crippen molar-refractivity contribution in [1.82, 2.24) is 4.98 Å². The quantitative estimate of drug-likeness (QED) is 0.299. The second-order valence-electron chi connectivity index (χ2n) is 6.04. The van der Waals surface area contributed by atoms with E-state index in [0.29, 0.717) is 22.0 Å². The van der Waals surface area contributed by atoms with E-state index in [1.807, 2.05) is 18.2 Å². The molecule has 0 atom stereocenters. The summed E-state index contributed by atoms with van der Waals surface area (Å²) in [4.78, 5) is 15.7. The van der Waals surface area contributed by atoms with E-state index >= 15 is 0 Å². The lowest BCUT2D eigenvalue weighted by Crippen LogP contribution is -2.03. The number of hydrogen-bond donors (Lipinski definition) is 1. The number of ketones is 1. The molecule has 0 bridgehead atoms. The fourth-order valence-electron chi connectivity index (χ4n) is 2.44. The average molecular weight is 415 g/mol. The van der Waals surface area contributed by atoms with Gasteiger partial charge in [-0.2, -0.15) is 18.3 Å². The molecule has 0 aliphatic rings. The molecule has 0 saturated heterocycles. The molecule has 1 aromatic heterocycles. The molecule has 2 aromatic carbocycles. The summed E-state index contributed by atoms with van der Waals surface area (Å²) in [6.07, 6.45) is 0.715. The van der Waals surface area contributed by atoms with Crippen LogP contribution in [0.25, 0.3) is 17.3 Å². The standard InChI is InChI=1S/C21H16F3N3OS/c1-14(28)17-6-2-4-15(12-17)5-3-11-25-27-20-26-19(13-29-20)16-7-9-18(10-8-16)21(22,23)24/h2-13H,1H3,(H,26,27). The molecule has 0 radical (unpaired) electrons. The van der Waals surface area contributed by atoms with Crippen molar-refractivity contribution in [3.05, 3.63) is 76.7 Å². The maximum absolute atomic E-state index is 12.6. The molecule has 4 nitrogen and oxygen atoms in total. The lowest BCUT2D eigenvalue weighted by atomic mass is 10.1. The number of anilines is 1. The van der Waals surface area contributed by atoms with Gasteiger partial charge in [-0.3, -0.25) is 10.2 Å². The van der Waals surface area contributed by atoms with Crippen LogP contribution >= 0.6 is 11.3 Å². The first kappa shape index (κ1) is 20.5. The van der Waals surface area contributed by atoms with E-state index in [2.05, 4.69) is 15.5 Å². The molecule has 8 heteroatoms. The van der Waals surface area contributed by atoms with Gasteiger partial charge in [0.1, 0.15) is 0 Å². The summed E-state index contributed by atoms with van der Waals surface area (Å²) in [6, 6.07) is 12.1. The van der Waals surface area contributed by atoms with Crippen LogP contribution in [0.2, 0.25) is 0 Å². The molecule has 0 saturated carbocycles. The number of alkyl halides is 3. The molecule has 3 rings (SSSR count). The van der Waals surface area contributed by atoms with E-state index in [9.17, 15) is 18.0 Å². The molecule has 1 N–H and O–H groups in total. The third-order valence-corrected chi connectivity index (χ3v) is 4.66. The highest BCUT2D eigenvalue weighted by Gasteiger charge is 2.30. The monoisotopic (exact) mass is 415 g/mol. The van der Waals surface area contributed by atoms with Crippen molar-refractivity contribution >= 4 is 34.5 Å². The summed E-state index contributed by atoms with van der Waals surface area (Å²) < 4.78 is 37.9. The Bertz CT molecular complexity index is 1050. The second-order valence-corrected chi connectivity index (χ2v) is 6.90. The number of halogens is 3. The summed E-state index contributed by atoms with van der Waals surface area (Å²) in [5.41, 5.74) is 4.76. The Morgan fingerprint density at radius 2 is 1.93 bits per heavy atom. The number of allylic oxidation sites excluding steroid dienone is 1. The van der Waals surface area contributed by atoms with Gasteiger partial charge in [-0.15, -0.1) is 11.3 Å². The third kappa shape index (κ3) is 5.61. The van der Waals surface area contributed by atoms with Crippen LogP contribution in [0.5, 0.6) is 0 Å². The largest absolute Gasteiger partial charge is 0.416 e. The van der Waals surface area contributed by atoms with Crippen molar-refractivity contribution in [1.29, 1.82) is 0 Å². The number of aromatic nitrogens is 1. The number of hydrogen-bond acceptors (Lipinski definition) is 5. The Morgan fingerprint density at radius 1 is 1.17 bits per heavy atom. The summed E-state index contributed by atoms with van der Waals surface area (Å²) in [6.45, 7) is 1.52. The number of Topliss-reactive ketones (excluding diaryl/α,β-unsaturated/α-hetero) is 1. The molecule has 3 aromatic rings. The van der Waals surface area contributed by atoms with E-state index in [0.717, 1.165) is 17.7 Å². The number of hydrazone groups is 1. The minimum atomic E-state index is -4.36. The zero-order chi connectivity index (χ0) is 20.9. The molecule has 0 unspecified atom stereocenters. The van der Waals surface area contributed by atoms with Gasteiger partial charge in [0.25, 0.3) is 0 Å². The Labute approximate surface area is 169 Å². The summed E-state index contributed by atoms with van der Waals surface area (Å²) in [5.74, 6) is 0.00297. The number of nitrogens with one attached hydrogen (secondary N) is 1. The SMILES string of the molecule is CC(=O)c1cccc(C=CC=NNc2nc(-c3ccc(C(F)(F)F)cc3)cs2)c1. The first-order valence-electron chi connectivity index (χ1n) is 8.53. The van der Waals surface area contributed by atoms with E-state index in [1.54, 1.807) is 29.8 Å². The molecule has 148 valence electrons. The van der Waals surface area contributed by atoms with Crippen molar-refractivity contribution in [3.8, 4) is 11.3 Å². The Balaban J connectivity index is 1.59. The van der Waals surface area contributed by atoms with Crippen LogP contribution in [0.15, 0.2) is 65.1 Å². The van der Waals surface area contributed by atoms with Crippen molar-refractivity contribution < 1.29 is 18.0 Å². The van der Waals surface area contributed by atoms with E-state index in [4.69, 9.17) is 0 Å². The van der Waals surface area contributed by atoms with E-state index < -0.39 is 11.7 Å². The lowest BCUT2D eigenvalue weighted by molar-refractivity contribution is -0.137. The number of rotatable bonds is 6. The molecular formula is C21H16F3N3OS. The minimum absolute atomic E-state index is 0.00297. The van der Waals surface area contributed by atoms with Gasteiger partial charge < -0.3 is 0 Å². The molecule has 0 amide bonds. The highest BCUT2D eigenvalue weighted by atomic mass is 32.1. The number of carbonyl (C=O) groups is 1. The van der Waals surface area contributed by atoms with Gasteiger partial charge in [0.05, 0.1) is 11.3 Å². The number of nitrogens with zero attached hydrogens (tertiary/aromatic N) is 2. The number of benzene rings is 2. The van der Waals surface area contributed by atoms with Crippen LogP contribution in [-0.2, 0) is 6.18 Å². The van der Waals surface area contributed by atoms with Gasteiger partial charge in [0.15, 0.2) is 5.78 Å². The van der Waals surface area contributed by atoms with Crippen LogP contribution < -0.4 is 5.43 Å². The molecule has 1 heterocycles. The fourth-order valence-corrected chi connectivity index (χ4v) is 3.11. The number of thiazole rings is 1.